The van der Waals surface area contributed by atoms with E-state index in [4.69, 9.17) is 5.26 Å². The molecule has 1 saturated heterocycles. The molecule has 3 heterocycles. The highest BCUT2D eigenvalue weighted by atomic mass is 19.4. The van der Waals surface area contributed by atoms with E-state index in [0.29, 0.717) is 36.5 Å². The fourth-order valence-corrected chi connectivity index (χ4v) is 3.67. The van der Waals surface area contributed by atoms with Crippen molar-refractivity contribution in [1.82, 2.24) is 24.4 Å². The van der Waals surface area contributed by atoms with Crippen LogP contribution < -0.4 is 10.2 Å². The lowest BCUT2D eigenvalue weighted by molar-refractivity contribution is -0.137. The zero-order valence-electron chi connectivity index (χ0n) is 17.5. The molecule has 1 atom stereocenters. The molecule has 0 saturated carbocycles. The van der Waals surface area contributed by atoms with Crippen molar-refractivity contribution < 1.29 is 13.2 Å². The molecular weight excluding hydrogens is 421 g/mol. The lowest BCUT2D eigenvalue weighted by Crippen LogP contribution is -2.31. The van der Waals surface area contributed by atoms with Gasteiger partial charge in [-0.2, -0.15) is 18.4 Å². The van der Waals surface area contributed by atoms with Gasteiger partial charge in [-0.05, 0) is 38.7 Å². The zero-order valence-corrected chi connectivity index (χ0v) is 17.5. The first kappa shape index (κ1) is 21.6. The van der Waals surface area contributed by atoms with Crippen molar-refractivity contribution in [3.63, 3.8) is 0 Å². The van der Waals surface area contributed by atoms with Crippen LogP contribution in [0.1, 0.15) is 17.7 Å². The van der Waals surface area contributed by atoms with E-state index in [2.05, 4.69) is 25.2 Å². The van der Waals surface area contributed by atoms with E-state index in [-0.39, 0.29) is 11.4 Å². The minimum Gasteiger partial charge on any atom is -0.370 e. The van der Waals surface area contributed by atoms with Crippen molar-refractivity contribution in [2.45, 2.75) is 18.6 Å². The highest BCUT2D eigenvalue weighted by molar-refractivity contribution is 5.59. The molecule has 2 aromatic heterocycles. The number of hydrogen-bond acceptors (Lipinski definition) is 7. The van der Waals surface area contributed by atoms with Crippen LogP contribution >= 0.6 is 0 Å². The Balaban J connectivity index is 1.60. The van der Waals surface area contributed by atoms with Crippen LogP contribution in [0.2, 0.25) is 0 Å². The van der Waals surface area contributed by atoms with Crippen molar-refractivity contribution in [1.29, 1.82) is 5.26 Å². The first-order chi connectivity index (χ1) is 15.2. The molecule has 1 aliphatic rings. The number of likely N-dealkylation sites (N-methyl/N-ethyl adjacent to an activating group) is 1. The topological polar surface area (TPSA) is 85.9 Å². The summed E-state index contributed by atoms with van der Waals surface area (Å²) in [6.07, 6.45) is 1.78. The summed E-state index contributed by atoms with van der Waals surface area (Å²) >= 11 is 0. The number of anilines is 3. The van der Waals surface area contributed by atoms with Crippen LogP contribution in [-0.2, 0) is 6.18 Å². The Hall–Kier alpha value is -3.65. The van der Waals surface area contributed by atoms with E-state index in [9.17, 15) is 13.2 Å². The van der Waals surface area contributed by atoms with E-state index in [0.717, 1.165) is 6.42 Å². The minimum absolute atomic E-state index is 0.0175. The molecule has 0 radical (unpaired) electrons. The molecule has 4 rings (SSSR count). The molecule has 3 aromatic rings. The number of nitriles is 1. The van der Waals surface area contributed by atoms with Crippen molar-refractivity contribution >= 4 is 17.3 Å². The number of nitrogens with one attached hydrogen (secondary N) is 1. The minimum atomic E-state index is -4.53. The largest absolute Gasteiger partial charge is 0.418 e. The lowest BCUT2D eigenvalue weighted by Gasteiger charge is -2.23. The first-order valence-corrected chi connectivity index (χ1v) is 9.91. The monoisotopic (exact) mass is 442 g/mol. The Labute approximate surface area is 182 Å². The number of benzene rings is 1. The van der Waals surface area contributed by atoms with E-state index in [1.54, 1.807) is 6.07 Å². The lowest BCUT2D eigenvalue weighted by atomic mass is 10.1. The third kappa shape index (κ3) is 4.50. The number of aromatic nitrogens is 4. The number of hydrogen-bond donors (Lipinski definition) is 1. The van der Waals surface area contributed by atoms with E-state index in [1.165, 1.54) is 41.6 Å². The summed E-state index contributed by atoms with van der Waals surface area (Å²) in [4.78, 5) is 16.1. The van der Waals surface area contributed by atoms with Gasteiger partial charge >= 0.3 is 6.18 Å². The maximum Gasteiger partial charge on any atom is 0.418 e. The molecule has 11 heteroatoms. The predicted molar refractivity (Wildman–Crippen MR) is 113 cm³/mol. The van der Waals surface area contributed by atoms with Gasteiger partial charge in [0.05, 0.1) is 29.8 Å². The summed E-state index contributed by atoms with van der Waals surface area (Å²) in [5.41, 5.74) is -0.0378. The maximum atomic E-state index is 13.9. The van der Waals surface area contributed by atoms with Crippen LogP contribution in [0.25, 0.3) is 5.69 Å². The second-order valence-electron chi connectivity index (χ2n) is 7.74. The zero-order chi connectivity index (χ0) is 22.9. The summed E-state index contributed by atoms with van der Waals surface area (Å²) in [6.45, 7) is 1.40. The second-order valence-corrected chi connectivity index (χ2v) is 7.74. The van der Waals surface area contributed by atoms with Crippen molar-refractivity contribution in [3.8, 4) is 11.8 Å². The molecular formula is C21H21F3N8. The summed E-state index contributed by atoms with van der Waals surface area (Å²) in [5.74, 6) is 0.625. The third-order valence-corrected chi connectivity index (χ3v) is 5.43. The third-order valence-electron chi connectivity index (χ3n) is 5.43. The number of imidazole rings is 1. The van der Waals surface area contributed by atoms with Gasteiger partial charge in [0, 0.05) is 24.8 Å². The smallest absolute Gasteiger partial charge is 0.370 e. The van der Waals surface area contributed by atoms with Gasteiger partial charge in [0.2, 0.25) is 0 Å². The van der Waals surface area contributed by atoms with Crippen LogP contribution in [0, 0.1) is 11.3 Å². The molecule has 0 bridgehead atoms. The SMILES string of the molecule is CN(C)[C@@H]1CCN(c2ccc(-n3cnc(Nc4cnc(C#N)cn4)c3)c(C(F)(F)F)c2)C1. The molecule has 0 spiro atoms. The average Bonchev–Trinajstić information content (AvgIpc) is 3.43. The van der Waals surface area contributed by atoms with Gasteiger partial charge in [0.25, 0.3) is 0 Å². The molecule has 1 fully saturated rings. The Kier molecular flexibility index (Phi) is 5.71. The quantitative estimate of drug-likeness (QED) is 0.648. The van der Waals surface area contributed by atoms with Gasteiger partial charge in [-0.25, -0.2) is 15.0 Å². The number of alkyl halides is 3. The van der Waals surface area contributed by atoms with Crippen LogP contribution in [0.15, 0.2) is 43.1 Å². The Morgan fingerprint density at radius 1 is 1.16 bits per heavy atom. The Bertz CT molecular complexity index is 1130. The summed E-state index contributed by atoms with van der Waals surface area (Å²) < 4.78 is 43.0. The van der Waals surface area contributed by atoms with E-state index < -0.39 is 11.7 Å². The summed E-state index contributed by atoms with van der Waals surface area (Å²) in [7, 11) is 3.96. The second kappa shape index (κ2) is 8.47. The van der Waals surface area contributed by atoms with Crippen molar-refractivity contribution in [3.05, 3.63) is 54.4 Å². The van der Waals surface area contributed by atoms with Gasteiger partial charge in [-0.15, -0.1) is 0 Å². The van der Waals surface area contributed by atoms with Crippen LogP contribution in [0.4, 0.5) is 30.5 Å². The van der Waals surface area contributed by atoms with Gasteiger partial charge in [0.1, 0.15) is 24.0 Å². The highest BCUT2D eigenvalue weighted by Gasteiger charge is 2.35. The maximum absolute atomic E-state index is 13.9. The summed E-state index contributed by atoms with van der Waals surface area (Å²) in [5, 5.41) is 11.6. The molecule has 1 aliphatic heterocycles. The van der Waals surface area contributed by atoms with Gasteiger partial charge < -0.3 is 19.7 Å². The van der Waals surface area contributed by atoms with Crippen LogP contribution in [0.5, 0.6) is 0 Å². The van der Waals surface area contributed by atoms with Crippen molar-refractivity contribution in [2.75, 3.05) is 37.4 Å². The normalized spacial score (nSPS) is 16.4. The fraction of sp³-hybridized carbons (Fsp3) is 0.333. The standard InChI is InChI=1S/C21H21F3N8/c1-30(2)16-5-6-31(11-16)15-3-4-18(17(7-15)21(22,23)24)32-12-20(28-13-32)29-19-10-26-14(8-25)9-27-19/h3-4,7,9-10,12-13,16H,5-6,11H2,1-2H3,(H,27,29)/t16-/m1/s1. The molecule has 166 valence electrons. The fourth-order valence-electron chi connectivity index (χ4n) is 3.67. The van der Waals surface area contributed by atoms with E-state index in [1.807, 2.05) is 25.1 Å². The van der Waals surface area contributed by atoms with Gasteiger partial charge in [-0.1, -0.05) is 0 Å². The van der Waals surface area contributed by atoms with Crippen molar-refractivity contribution in [2.24, 2.45) is 0 Å². The molecule has 8 nitrogen and oxygen atoms in total. The number of nitrogens with zero attached hydrogens (tertiary/aromatic N) is 7. The van der Waals surface area contributed by atoms with Gasteiger partial charge in [-0.3, -0.25) is 0 Å². The summed E-state index contributed by atoms with van der Waals surface area (Å²) in [6, 6.07) is 6.56. The number of halogens is 3. The molecule has 0 amide bonds. The molecule has 32 heavy (non-hydrogen) atoms. The number of rotatable bonds is 5. The molecule has 1 aromatic carbocycles. The molecule has 1 N–H and O–H groups in total. The molecule has 0 unspecified atom stereocenters. The molecule has 0 aliphatic carbocycles. The van der Waals surface area contributed by atoms with Crippen LogP contribution in [0.3, 0.4) is 0 Å². The van der Waals surface area contributed by atoms with Gasteiger partial charge in [0.15, 0.2) is 5.69 Å². The average molecular weight is 442 g/mol. The Morgan fingerprint density at radius 3 is 2.59 bits per heavy atom. The van der Waals surface area contributed by atoms with E-state index >= 15 is 0 Å². The first-order valence-electron chi connectivity index (χ1n) is 9.91. The van der Waals surface area contributed by atoms with Crippen LogP contribution in [-0.4, -0.2) is 57.6 Å². The predicted octanol–water partition coefficient (Wildman–Crippen LogP) is 3.44. The Morgan fingerprint density at radius 2 is 1.97 bits per heavy atom. The highest BCUT2D eigenvalue weighted by Crippen LogP contribution is 2.37.